The lowest BCUT2D eigenvalue weighted by atomic mass is 10.1. The van der Waals surface area contributed by atoms with Gasteiger partial charge in [-0.2, -0.15) is 0 Å². The van der Waals surface area contributed by atoms with Crippen molar-refractivity contribution in [3.05, 3.63) is 23.8 Å². The van der Waals surface area contributed by atoms with Gasteiger partial charge in [0.2, 0.25) is 0 Å². The molecule has 0 bridgehead atoms. The van der Waals surface area contributed by atoms with Crippen LogP contribution in [0.15, 0.2) is 18.2 Å². The number of rotatable bonds is 3. The van der Waals surface area contributed by atoms with E-state index in [4.69, 9.17) is 9.47 Å². The van der Waals surface area contributed by atoms with E-state index >= 15 is 0 Å². The van der Waals surface area contributed by atoms with Crippen molar-refractivity contribution in [2.24, 2.45) is 0 Å². The second-order valence-electron chi connectivity index (χ2n) is 3.02. The molecule has 1 aromatic rings. The fourth-order valence-electron chi connectivity index (χ4n) is 1.12. The summed E-state index contributed by atoms with van der Waals surface area (Å²) in [4.78, 5) is 0. The Hall–Kier alpha value is -0.740. The van der Waals surface area contributed by atoms with Gasteiger partial charge in [-0.25, -0.2) is 0 Å². The number of hydrogen-bond donors (Lipinski definition) is 1. The first-order chi connectivity index (χ1) is 6.49. The molecule has 0 aliphatic heterocycles. The maximum Gasteiger partial charge on any atom is 0.161 e. The molecule has 0 saturated heterocycles. The van der Waals surface area contributed by atoms with Crippen molar-refractivity contribution in [1.29, 1.82) is 0 Å². The predicted molar refractivity (Wildman–Crippen MR) is 58.0 cm³/mol. The molecule has 1 aromatic carbocycles. The molecule has 0 aromatic heterocycles. The molecule has 0 radical (unpaired) electrons. The van der Waals surface area contributed by atoms with E-state index in [2.05, 4.69) is 15.9 Å². The van der Waals surface area contributed by atoms with E-state index in [-0.39, 0.29) is 0 Å². The van der Waals surface area contributed by atoms with Gasteiger partial charge in [0.1, 0.15) is 4.51 Å². The van der Waals surface area contributed by atoms with Crippen molar-refractivity contribution >= 4 is 15.9 Å². The molecule has 1 N–H and O–H groups in total. The molecule has 0 aliphatic carbocycles. The molecule has 0 fully saturated rings. The van der Waals surface area contributed by atoms with Crippen molar-refractivity contribution in [1.82, 2.24) is 0 Å². The van der Waals surface area contributed by atoms with E-state index < -0.39 is 4.51 Å². The Labute approximate surface area is 91.8 Å². The summed E-state index contributed by atoms with van der Waals surface area (Å²) < 4.78 is 9.15. The maximum absolute atomic E-state index is 9.69. The third kappa shape index (κ3) is 2.39. The van der Waals surface area contributed by atoms with Gasteiger partial charge in [0.15, 0.2) is 11.5 Å². The smallest absolute Gasteiger partial charge is 0.161 e. The summed E-state index contributed by atoms with van der Waals surface area (Å²) in [5.74, 6) is 1.25. The summed E-state index contributed by atoms with van der Waals surface area (Å²) in [6.07, 6.45) is 0. The fourth-order valence-corrected chi connectivity index (χ4v) is 1.37. The van der Waals surface area contributed by atoms with Crippen LogP contribution in [-0.2, 0) is 4.51 Å². The van der Waals surface area contributed by atoms with Crippen molar-refractivity contribution < 1.29 is 14.6 Å². The van der Waals surface area contributed by atoms with Gasteiger partial charge in [0.25, 0.3) is 0 Å². The zero-order valence-corrected chi connectivity index (χ0v) is 9.96. The third-order valence-corrected chi connectivity index (χ3v) is 2.37. The highest BCUT2D eigenvalue weighted by Gasteiger charge is 2.19. The van der Waals surface area contributed by atoms with Gasteiger partial charge in [-0.05, 0) is 40.5 Å². The molecule has 4 heteroatoms. The van der Waals surface area contributed by atoms with Crippen LogP contribution < -0.4 is 9.47 Å². The zero-order valence-electron chi connectivity index (χ0n) is 8.37. The van der Waals surface area contributed by atoms with Gasteiger partial charge < -0.3 is 14.6 Å². The van der Waals surface area contributed by atoms with Crippen LogP contribution in [0.2, 0.25) is 0 Å². The van der Waals surface area contributed by atoms with Gasteiger partial charge in [-0.3, -0.25) is 0 Å². The second kappa shape index (κ2) is 4.19. The van der Waals surface area contributed by atoms with E-state index in [1.165, 1.54) is 0 Å². The third-order valence-electron chi connectivity index (χ3n) is 1.91. The van der Waals surface area contributed by atoms with Gasteiger partial charge in [-0.15, -0.1) is 0 Å². The van der Waals surface area contributed by atoms with Crippen LogP contribution in [0.4, 0.5) is 0 Å². The minimum Gasteiger partial charge on any atom is -0.493 e. The molecule has 0 saturated carbocycles. The van der Waals surface area contributed by atoms with Crippen molar-refractivity contribution in [2.75, 3.05) is 14.2 Å². The SMILES string of the molecule is COc1ccc(C(C)(O)Br)cc1OC. The Morgan fingerprint density at radius 1 is 1.21 bits per heavy atom. The Balaban J connectivity index is 3.14. The van der Waals surface area contributed by atoms with Gasteiger partial charge >= 0.3 is 0 Å². The van der Waals surface area contributed by atoms with Crippen molar-refractivity contribution in [3.8, 4) is 11.5 Å². The molecule has 14 heavy (non-hydrogen) atoms. The van der Waals surface area contributed by atoms with Crippen LogP contribution in [0.25, 0.3) is 0 Å². The minimum atomic E-state index is -1.05. The van der Waals surface area contributed by atoms with Crippen LogP contribution in [0.5, 0.6) is 11.5 Å². The summed E-state index contributed by atoms with van der Waals surface area (Å²) in [5.41, 5.74) is 0.718. The number of halogens is 1. The zero-order chi connectivity index (χ0) is 10.8. The maximum atomic E-state index is 9.69. The highest BCUT2D eigenvalue weighted by atomic mass is 79.9. The molecule has 1 rings (SSSR count). The quantitative estimate of drug-likeness (QED) is 0.848. The van der Waals surface area contributed by atoms with E-state index in [1.54, 1.807) is 39.3 Å². The molecule has 0 aliphatic rings. The van der Waals surface area contributed by atoms with Gasteiger partial charge in [-0.1, -0.05) is 6.07 Å². The highest BCUT2D eigenvalue weighted by Crippen LogP contribution is 2.34. The molecule has 3 nitrogen and oxygen atoms in total. The number of ether oxygens (including phenoxy) is 2. The lowest BCUT2D eigenvalue weighted by molar-refractivity contribution is 0.167. The van der Waals surface area contributed by atoms with Crippen LogP contribution in [0.3, 0.4) is 0 Å². The summed E-state index contributed by atoms with van der Waals surface area (Å²) >= 11 is 3.16. The monoisotopic (exact) mass is 260 g/mol. The molecule has 1 atom stereocenters. The number of methoxy groups -OCH3 is 2. The molecular formula is C10H13BrO3. The molecule has 78 valence electrons. The summed E-state index contributed by atoms with van der Waals surface area (Å²) in [7, 11) is 3.13. The van der Waals surface area contributed by atoms with Crippen LogP contribution in [0.1, 0.15) is 12.5 Å². The van der Waals surface area contributed by atoms with E-state index in [0.29, 0.717) is 11.5 Å². The summed E-state index contributed by atoms with van der Waals surface area (Å²) in [6.45, 7) is 1.65. The highest BCUT2D eigenvalue weighted by molar-refractivity contribution is 9.09. The normalized spacial score (nSPS) is 14.6. The Morgan fingerprint density at radius 2 is 1.79 bits per heavy atom. The lowest BCUT2D eigenvalue weighted by Crippen LogP contribution is -2.11. The van der Waals surface area contributed by atoms with Gasteiger partial charge in [0.05, 0.1) is 14.2 Å². The van der Waals surface area contributed by atoms with E-state index in [9.17, 15) is 5.11 Å². The molecule has 0 amide bonds. The van der Waals surface area contributed by atoms with Crippen LogP contribution in [0, 0.1) is 0 Å². The Bertz CT molecular complexity index is 318. The first-order valence-electron chi connectivity index (χ1n) is 4.13. The largest absolute Gasteiger partial charge is 0.493 e. The van der Waals surface area contributed by atoms with Crippen molar-refractivity contribution in [2.45, 2.75) is 11.4 Å². The number of alkyl halides is 1. The number of aliphatic hydroxyl groups is 1. The second-order valence-corrected chi connectivity index (χ2v) is 4.57. The summed E-state index contributed by atoms with van der Waals surface area (Å²) in [5, 5.41) is 9.69. The van der Waals surface area contributed by atoms with E-state index in [1.807, 2.05) is 0 Å². The molecule has 0 heterocycles. The molecular weight excluding hydrogens is 248 g/mol. The van der Waals surface area contributed by atoms with E-state index in [0.717, 1.165) is 5.56 Å². The average Bonchev–Trinajstić information content (AvgIpc) is 2.15. The van der Waals surface area contributed by atoms with Crippen molar-refractivity contribution in [3.63, 3.8) is 0 Å². The standard InChI is InChI=1S/C10H13BrO3/c1-10(11,12)7-4-5-8(13-2)9(6-7)14-3/h4-6,12H,1-3H3. The summed E-state index contributed by atoms with van der Waals surface area (Å²) in [6, 6.07) is 5.26. The fraction of sp³-hybridized carbons (Fsp3) is 0.400. The minimum absolute atomic E-state index is 0.602. The Morgan fingerprint density at radius 3 is 2.21 bits per heavy atom. The first-order valence-corrected chi connectivity index (χ1v) is 4.92. The van der Waals surface area contributed by atoms with Crippen LogP contribution in [-0.4, -0.2) is 19.3 Å². The topological polar surface area (TPSA) is 38.7 Å². The molecule has 0 spiro atoms. The Kier molecular flexibility index (Phi) is 3.39. The van der Waals surface area contributed by atoms with Gasteiger partial charge in [0, 0.05) is 0 Å². The number of benzene rings is 1. The number of hydrogen-bond acceptors (Lipinski definition) is 3. The first kappa shape index (κ1) is 11.3. The molecule has 1 unspecified atom stereocenters. The predicted octanol–water partition coefficient (Wildman–Crippen LogP) is 2.26. The lowest BCUT2D eigenvalue weighted by Gasteiger charge is -2.17. The average molecular weight is 261 g/mol. The van der Waals surface area contributed by atoms with Crippen LogP contribution >= 0.6 is 15.9 Å².